The van der Waals surface area contributed by atoms with Gasteiger partial charge in [-0.2, -0.15) is 0 Å². The smallest absolute Gasteiger partial charge is 0.407 e. The highest BCUT2D eigenvalue weighted by atomic mass is 79.9. The molecule has 262 valence electrons. The van der Waals surface area contributed by atoms with Crippen LogP contribution in [0.1, 0.15) is 73.5 Å². The van der Waals surface area contributed by atoms with Crippen LogP contribution in [0.5, 0.6) is 0 Å². The van der Waals surface area contributed by atoms with Gasteiger partial charge in [-0.3, -0.25) is 9.36 Å². The van der Waals surface area contributed by atoms with Crippen LogP contribution in [-0.4, -0.2) is 58.1 Å². The van der Waals surface area contributed by atoms with Gasteiger partial charge in [-0.15, -0.1) is 10.2 Å². The Hall–Kier alpha value is -4.48. The van der Waals surface area contributed by atoms with Crippen molar-refractivity contribution in [2.24, 2.45) is 0 Å². The summed E-state index contributed by atoms with van der Waals surface area (Å²) in [5, 5.41) is 14.3. The van der Waals surface area contributed by atoms with Crippen LogP contribution >= 0.6 is 27.7 Å². The number of nitrogens with zero attached hydrogens (tertiary/aromatic N) is 3. The summed E-state index contributed by atoms with van der Waals surface area (Å²) < 4.78 is 13.2. The maximum absolute atomic E-state index is 12.9. The van der Waals surface area contributed by atoms with E-state index in [2.05, 4.69) is 86.0 Å². The molecule has 0 spiro atoms. The summed E-state index contributed by atoms with van der Waals surface area (Å²) in [5.41, 5.74) is 6.89. The molecule has 1 heterocycles. The topological polar surface area (TPSA) is 112 Å². The van der Waals surface area contributed by atoms with Crippen molar-refractivity contribution in [3.05, 3.63) is 106 Å². The Kier molecular flexibility index (Phi) is 10.8. The van der Waals surface area contributed by atoms with Crippen LogP contribution in [0, 0.1) is 0 Å². The summed E-state index contributed by atoms with van der Waals surface area (Å²) >= 11 is 4.95. The van der Waals surface area contributed by atoms with Gasteiger partial charge in [-0.05, 0) is 86.8 Å². The number of aromatic nitrogens is 3. The number of rotatable bonds is 15. The van der Waals surface area contributed by atoms with E-state index in [-0.39, 0.29) is 24.1 Å². The molecule has 1 saturated carbocycles. The SMILES string of the molecule is COC(=O)C(CCCCCC(=O)CSc1nnc(Br)n1-c1ccc(C2CC2)c2ccccc12)NC(=O)OCC1c2ccccc2-c2ccccc21. The molecule has 1 atom stereocenters. The molecule has 51 heavy (non-hydrogen) atoms. The molecule has 4 aromatic carbocycles. The minimum atomic E-state index is -0.837. The summed E-state index contributed by atoms with van der Waals surface area (Å²) in [6, 6.07) is 28.2. The first-order valence-electron chi connectivity index (χ1n) is 17.4. The number of hydrogen-bond acceptors (Lipinski definition) is 8. The van der Waals surface area contributed by atoms with Gasteiger partial charge in [0, 0.05) is 17.7 Å². The Balaban J connectivity index is 0.874. The maximum atomic E-state index is 12.9. The Morgan fingerprint density at radius 3 is 2.25 bits per heavy atom. The molecule has 7 rings (SSSR count). The molecular weight excluding hydrogens is 728 g/mol. The van der Waals surface area contributed by atoms with Crippen molar-refractivity contribution >= 4 is 56.3 Å². The number of nitrogens with one attached hydrogen (secondary N) is 1. The number of methoxy groups -OCH3 is 1. The summed E-state index contributed by atoms with van der Waals surface area (Å²) in [6.45, 7) is 0.157. The molecule has 9 nitrogen and oxygen atoms in total. The fraction of sp³-hybridized carbons (Fsp3) is 0.325. The fourth-order valence-electron chi connectivity index (χ4n) is 7.04. The van der Waals surface area contributed by atoms with Crippen molar-refractivity contribution in [2.75, 3.05) is 19.5 Å². The zero-order valence-electron chi connectivity index (χ0n) is 28.3. The van der Waals surface area contributed by atoms with Gasteiger partial charge < -0.3 is 14.8 Å². The highest BCUT2D eigenvalue weighted by Gasteiger charge is 2.30. The Morgan fingerprint density at radius 2 is 1.55 bits per heavy atom. The molecule has 0 saturated heterocycles. The molecule has 1 amide bonds. The monoisotopic (exact) mass is 766 g/mol. The van der Waals surface area contributed by atoms with Crippen molar-refractivity contribution in [1.82, 2.24) is 20.1 Å². The Morgan fingerprint density at radius 1 is 0.863 bits per heavy atom. The number of halogens is 1. The number of Topliss-reactive ketones (excluding diaryl/α,β-unsaturated/α-hetero) is 1. The van der Waals surface area contributed by atoms with Crippen molar-refractivity contribution in [1.29, 1.82) is 0 Å². The first-order valence-corrected chi connectivity index (χ1v) is 19.2. The molecule has 1 aromatic heterocycles. The number of alkyl carbamates (subject to hydrolysis) is 1. The lowest BCUT2D eigenvalue weighted by molar-refractivity contribution is -0.143. The second-order valence-electron chi connectivity index (χ2n) is 13.1. The predicted molar refractivity (Wildman–Crippen MR) is 201 cm³/mol. The Labute approximate surface area is 309 Å². The molecule has 1 unspecified atom stereocenters. The molecule has 1 N–H and O–H groups in total. The van der Waals surface area contributed by atoms with Crippen molar-refractivity contribution in [3.8, 4) is 16.8 Å². The lowest BCUT2D eigenvalue weighted by Crippen LogP contribution is -2.42. The van der Waals surface area contributed by atoms with E-state index >= 15 is 0 Å². The second kappa shape index (κ2) is 15.8. The second-order valence-corrected chi connectivity index (χ2v) is 14.7. The van der Waals surface area contributed by atoms with E-state index in [0.29, 0.717) is 41.5 Å². The summed E-state index contributed by atoms with van der Waals surface area (Å²) in [5.74, 6) is 0.412. The zero-order valence-corrected chi connectivity index (χ0v) is 30.8. The third-order valence-corrected chi connectivity index (χ3v) is 11.2. The zero-order chi connectivity index (χ0) is 35.3. The van der Waals surface area contributed by atoms with Crippen molar-refractivity contribution in [3.63, 3.8) is 0 Å². The lowest BCUT2D eigenvalue weighted by atomic mass is 9.98. The number of esters is 1. The average molecular weight is 768 g/mol. The number of ether oxygens (including phenoxy) is 2. The number of amides is 1. The van der Waals surface area contributed by atoms with E-state index in [4.69, 9.17) is 9.47 Å². The van der Waals surface area contributed by atoms with Gasteiger partial charge in [-0.25, -0.2) is 9.59 Å². The lowest BCUT2D eigenvalue weighted by Gasteiger charge is -2.18. The molecule has 0 aliphatic heterocycles. The Bertz CT molecular complexity index is 2030. The molecule has 5 aromatic rings. The number of carbonyl (C=O) groups is 3. The molecule has 2 aliphatic rings. The largest absolute Gasteiger partial charge is 0.467 e. The third-order valence-electron chi connectivity index (χ3n) is 9.72. The minimum Gasteiger partial charge on any atom is -0.467 e. The molecule has 11 heteroatoms. The van der Waals surface area contributed by atoms with Crippen LogP contribution in [0.25, 0.3) is 27.6 Å². The number of ketones is 1. The van der Waals surface area contributed by atoms with Gasteiger partial charge in [0.05, 0.1) is 18.6 Å². The number of thioether (sulfide) groups is 1. The normalized spacial score (nSPS) is 14.2. The minimum absolute atomic E-state index is 0.0772. The molecule has 2 aliphatic carbocycles. The number of carbonyl (C=O) groups excluding carboxylic acids is 3. The van der Waals surface area contributed by atoms with Gasteiger partial charge in [0.25, 0.3) is 0 Å². The van der Waals surface area contributed by atoms with E-state index in [0.717, 1.165) is 39.7 Å². The molecule has 0 bridgehead atoms. The molecule has 1 fully saturated rings. The van der Waals surface area contributed by atoms with E-state index in [1.54, 1.807) is 0 Å². The highest BCUT2D eigenvalue weighted by Crippen LogP contribution is 2.45. The number of hydrogen-bond donors (Lipinski definition) is 1. The van der Waals surface area contributed by atoms with Gasteiger partial charge in [0.1, 0.15) is 18.4 Å². The fourth-order valence-corrected chi connectivity index (χ4v) is 8.44. The summed E-state index contributed by atoms with van der Waals surface area (Å²) in [6.07, 6.45) is 4.61. The van der Waals surface area contributed by atoms with E-state index in [9.17, 15) is 14.4 Å². The van der Waals surface area contributed by atoms with Crippen LogP contribution in [0.4, 0.5) is 4.79 Å². The average Bonchev–Trinajstić information content (AvgIpc) is 3.87. The van der Waals surface area contributed by atoms with Gasteiger partial charge in [-0.1, -0.05) is 103 Å². The first kappa shape index (κ1) is 34.9. The molecule has 0 radical (unpaired) electrons. The first-order chi connectivity index (χ1) is 24.9. The summed E-state index contributed by atoms with van der Waals surface area (Å²) in [7, 11) is 1.30. The van der Waals surface area contributed by atoms with Crippen LogP contribution < -0.4 is 5.32 Å². The number of unbranched alkanes of at least 4 members (excludes halogenated alkanes) is 2. The van der Waals surface area contributed by atoms with Gasteiger partial charge >= 0.3 is 12.1 Å². The standard InChI is InChI=1S/C40H39BrN4O5S/c1-49-37(47)35(42-40(48)50-23-34-31-15-7-5-13-29(31)30-14-6-8-16-32(30)34)18-4-2-3-11-26(46)24-51-39-44-43-38(41)45(39)36-22-21-27(25-19-20-25)28-12-9-10-17-33(28)36/h5-10,12-17,21-22,25,34-35H,2-4,11,18-20,23-24H2,1H3,(H,42,48). The quantitative estimate of drug-likeness (QED) is 0.0640. The maximum Gasteiger partial charge on any atom is 0.407 e. The van der Waals surface area contributed by atoms with E-state index in [1.165, 1.54) is 42.7 Å². The van der Waals surface area contributed by atoms with E-state index in [1.807, 2.05) is 34.9 Å². The van der Waals surface area contributed by atoms with Gasteiger partial charge in [0.2, 0.25) is 4.73 Å². The van der Waals surface area contributed by atoms with Crippen LogP contribution in [0.3, 0.4) is 0 Å². The van der Waals surface area contributed by atoms with E-state index < -0.39 is 18.1 Å². The molecular formula is C40H39BrN4O5S. The van der Waals surface area contributed by atoms with Gasteiger partial charge in [0.15, 0.2) is 5.16 Å². The van der Waals surface area contributed by atoms with Crippen molar-refractivity contribution < 1.29 is 23.9 Å². The third kappa shape index (κ3) is 7.74. The number of benzene rings is 4. The predicted octanol–water partition coefficient (Wildman–Crippen LogP) is 8.75. The summed E-state index contributed by atoms with van der Waals surface area (Å²) in [4.78, 5) is 38.3. The van der Waals surface area contributed by atoms with Crippen LogP contribution in [0.15, 0.2) is 94.8 Å². The van der Waals surface area contributed by atoms with Crippen LogP contribution in [-0.2, 0) is 19.1 Å². The van der Waals surface area contributed by atoms with Crippen molar-refractivity contribution in [2.45, 2.75) is 68.0 Å². The highest BCUT2D eigenvalue weighted by molar-refractivity contribution is 9.10. The van der Waals surface area contributed by atoms with Crippen LogP contribution in [0.2, 0.25) is 0 Å². The number of fused-ring (bicyclic) bond motifs is 4.